The fraction of sp³-hybridized carbons (Fsp3) is 0. The lowest BCUT2D eigenvalue weighted by molar-refractivity contribution is 1.30. The molecule has 10 aromatic rings. The number of anilines is 6. The van der Waals surface area contributed by atoms with Crippen molar-refractivity contribution in [2.45, 2.75) is 0 Å². The molecule has 0 aliphatic heterocycles. The number of para-hydroxylation sites is 2. The van der Waals surface area contributed by atoms with E-state index in [9.17, 15) is 0 Å². The van der Waals surface area contributed by atoms with Crippen LogP contribution in [0.25, 0.3) is 53.9 Å². The second-order valence-corrected chi connectivity index (χ2v) is 13.4. The van der Waals surface area contributed by atoms with Crippen LogP contribution in [0.3, 0.4) is 0 Å². The van der Waals surface area contributed by atoms with Gasteiger partial charge in [-0.25, -0.2) is 0 Å². The van der Waals surface area contributed by atoms with Crippen LogP contribution >= 0.6 is 0 Å². The Hall–Kier alpha value is -6.90. The lowest BCUT2D eigenvalue weighted by Crippen LogP contribution is -2.11. The van der Waals surface area contributed by atoms with Crippen molar-refractivity contribution in [2.75, 3.05) is 9.80 Å². The van der Waals surface area contributed by atoms with E-state index < -0.39 is 0 Å². The minimum Gasteiger partial charge on any atom is -0.310 e. The Bertz CT molecular complexity index is 2910. The zero-order valence-corrected chi connectivity index (χ0v) is 28.5. The van der Waals surface area contributed by atoms with Gasteiger partial charge < -0.3 is 9.80 Å². The van der Waals surface area contributed by atoms with E-state index in [0.717, 1.165) is 34.1 Å². The largest absolute Gasteiger partial charge is 0.310 e. The van der Waals surface area contributed by atoms with Crippen LogP contribution in [-0.4, -0.2) is 0 Å². The van der Waals surface area contributed by atoms with E-state index in [0.29, 0.717) is 0 Å². The minimum atomic E-state index is 1.12. The smallest absolute Gasteiger partial charge is 0.0546 e. The van der Waals surface area contributed by atoms with E-state index in [2.05, 4.69) is 216 Å². The summed E-state index contributed by atoms with van der Waals surface area (Å²) in [7, 11) is 0. The summed E-state index contributed by atoms with van der Waals surface area (Å²) in [6.45, 7) is 0. The number of nitrogens with zero attached hydrogens (tertiary/aromatic N) is 2. The topological polar surface area (TPSA) is 6.48 Å². The second kappa shape index (κ2) is 12.5. The van der Waals surface area contributed by atoms with Crippen LogP contribution in [0.2, 0.25) is 0 Å². The third-order valence-electron chi connectivity index (χ3n) is 10.3. The van der Waals surface area contributed by atoms with E-state index in [1.165, 1.54) is 53.9 Å². The average molecular weight is 663 g/mol. The Morgan fingerprint density at radius 2 is 0.673 bits per heavy atom. The summed E-state index contributed by atoms with van der Waals surface area (Å²) in [5.41, 5.74) is 6.82. The van der Waals surface area contributed by atoms with Crippen LogP contribution in [-0.2, 0) is 0 Å². The Morgan fingerprint density at radius 3 is 1.31 bits per heavy atom. The maximum atomic E-state index is 2.41. The highest BCUT2D eigenvalue weighted by molar-refractivity contribution is 6.23. The molecule has 2 heteroatoms. The molecule has 0 saturated heterocycles. The molecule has 10 aromatic carbocycles. The predicted molar refractivity (Wildman–Crippen MR) is 223 cm³/mol. The van der Waals surface area contributed by atoms with E-state index in [4.69, 9.17) is 0 Å². The van der Waals surface area contributed by atoms with Gasteiger partial charge >= 0.3 is 0 Å². The number of benzene rings is 10. The van der Waals surface area contributed by atoms with Crippen LogP contribution in [0.1, 0.15) is 0 Å². The molecule has 0 unspecified atom stereocenters. The van der Waals surface area contributed by atoms with Gasteiger partial charge in [0.2, 0.25) is 0 Å². The molecule has 0 radical (unpaired) electrons. The highest BCUT2D eigenvalue weighted by Crippen LogP contribution is 2.45. The molecule has 0 N–H and O–H groups in total. The number of hydrogen-bond donors (Lipinski definition) is 0. The molecule has 0 spiro atoms. The van der Waals surface area contributed by atoms with Crippen molar-refractivity contribution in [3.63, 3.8) is 0 Å². The Balaban J connectivity index is 1.21. The summed E-state index contributed by atoms with van der Waals surface area (Å²) in [4.78, 5) is 4.80. The van der Waals surface area contributed by atoms with Crippen molar-refractivity contribution in [2.24, 2.45) is 0 Å². The van der Waals surface area contributed by atoms with Crippen LogP contribution in [0.4, 0.5) is 34.1 Å². The lowest BCUT2D eigenvalue weighted by Gasteiger charge is -2.28. The highest BCUT2D eigenvalue weighted by Gasteiger charge is 2.20. The first kappa shape index (κ1) is 30.0. The summed E-state index contributed by atoms with van der Waals surface area (Å²) in [6, 6.07) is 74.8. The fourth-order valence-electron chi connectivity index (χ4n) is 7.95. The van der Waals surface area contributed by atoms with Crippen molar-refractivity contribution in [1.82, 2.24) is 0 Å². The molecule has 0 saturated carbocycles. The van der Waals surface area contributed by atoms with E-state index in [-0.39, 0.29) is 0 Å². The summed E-state index contributed by atoms with van der Waals surface area (Å²) in [6.07, 6.45) is 0. The standard InChI is InChI=1S/C50H34N2/c1-3-18-40(19-4-1)51(42-28-25-35-13-7-9-15-38(35)33-42)48-23-12-22-44-45-30-27-37-17-11-24-49(50(37)47(45)32-31-46(44)48)52(41-20-5-2-6-21-41)43-29-26-36-14-8-10-16-39(36)34-43/h1-34H. The molecule has 0 atom stereocenters. The van der Waals surface area contributed by atoms with Gasteiger partial charge in [-0.3, -0.25) is 0 Å². The number of hydrogen-bond acceptors (Lipinski definition) is 2. The van der Waals surface area contributed by atoms with Gasteiger partial charge in [0.05, 0.1) is 11.4 Å². The first-order valence-corrected chi connectivity index (χ1v) is 17.9. The Kier molecular flexibility index (Phi) is 7.18. The van der Waals surface area contributed by atoms with Crippen molar-refractivity contribution in [3.05, 3.63) is 206 Å². The highest BCUT2D eigenvalue weighted by atomic mass is 15.1. The summed E-state index contributed by atoms with van der Waals surface area (Å²) >= 11 is 0. The zero-order valence-electron chi connectivity index (χ0n) is 28.5. The van der Waals surface area contributed by atoms with Gasteiger partial charge in [0.15, 0.2) is 0 Å². The number of fused-ring (bicyclic) bond motifs is 7. The Labute approximate surface area is 303 Å². The van der Waals surface area contributed by atoms with E-state index in [1.54, 1.807) is 0 Å². The molecule has 0 aliphatic carbocycles. The van der Waals surface area contributed by atoms with Gasteiger partial charge in [0.1, 0.15) is 0 Å². The predicted octanol–water partition coefficient (Wildman–Crippen LogP) is 14.4. The molecule has 0 heterocycles. The van der Waals surface area contributed by atoms with Gasteiger partial charge in [0.25, 0.3) is 0 Å². The summed E-state index contributed by atoms with van der Waals surface area (Å²) in [5.74, 6) is 0. The number of rotatable bonds is 6. The normalized spacial score (nSPS) is 11.5. The van der Waals surface area contributed by atoms with Crippen LogP contribution < -0.4 is 9.80 Å². The molecule has 0 aliphatic rings. The van der Waals surface area contributed by atoms with Crippen molar-refractivity contribution < 1.29 is 0 Å². The third-order valence-corrected chi connectivity index (χ3v) is 10.3. The van der Waals surface area contributed by atoms with Crippen molar-refractivity contribution in [1.29, 1.82) is 0 Å². The maximum Gasteiger partial charge on any atom is 0.0546 e. The van der Waals surface area contributed by atoms with E-state index in [1.807, 2.05) is 0 Å². The maximum absolute atomic E-state index is 2.41. The lowest BCUT2D eigenvalue weighted by atomic mass is 9.94. The molecule has 10 rings (SSSR count). The molecular formula is C50H34N2. The molecule has 0 amide bonds. The van der Waals surface area contributed by atoms with Gasteiger partial charge in [-0.2, -0.15) is 0 Å². The monoisotopic (exact) mass is 662 g/mol. The SMILES string of the molecule is c1ccc(N(c2ccc3ccccc3c2)c2cccc3c2ccc2c3ccc3cccc(N(c4ccccc4)c4ccc5ccccc5c4)c32)cc1. The third kappa shape index (κ3) is 5.04. The first-order valence-electron chi connectivity index (χ1n) is 17.9. The molecule has 0 aromatic heterocycles. The molecular weight excluding hydrogens is 629 g/mol. The minimum absolute atomic E-state index is 1.12. The molecule has 0 bridgehead atoms. The zero-order chi connectivity index (χ0) is 34.4. The van der Waals surface area contributed by atoms with Gasteiger partial charge in [-0.15, -0.1) is 0 Å². The quantitative estimate of drug-likeness (QED) is 0.164. The van der Waals surface area contributed by atoms with Gasteiger partial charge in [0, 0.05) is 33.5 Å². The Morgan fingerprint density at radius 1 is 0.231 bits per heavy atom. The fourth-order valence-corrected chi connectivity index (χ4v) is 7.95. The van der Waals surface area contributed by atoms with Crippen molar-refractivity contribution in [3.8, 4) is 0 Å². The van der Waals surface area contributed by atoms with E-state index >= 15 is 0 Å². The second-order valence-electron chi connectivity index (χ2n) is 13.4. The molecule has 2 nitrogen and oxygen atoms in total. The van der Waals surface area contributed by atoms with Crippen LogP contribution in [0, 0.1) is 0 Å². The summed E-state index contributed by atoms with van der Waals surface area (Å²) in [5, 5.41) is 12.3. The van der Waals surface area contributed by atoms with Crippen LogP contribution in [0.15, 0.2) is 206 Å². The first-order chi connectivity index (χ1) is 25.8. The van der Waals surface area contributed by atoms with Crippen molar-refractivity contribution >= 4 is 88.0 Å². The van der Waals surface area contributed by atoms with Crippen LogP contribution in [0.5, 0.6) is 0 Å². The van der Waals surface area contributed by atoms with Gasteiger partial charge in [-0.1, -0.05) is 146 Å². The summed E-state index contributed by atoms with van der Waals surface area (Å²) < 4.78 is 0. The van der Waals surface area contributed by atoms with Gasteiger partial charge in [-0.05, 0) is 104 Å². The molecule has 244 valence electrons. The molecule has 52 heavy (non-hydrogen) atoms. The molecule has 0 fully saturated rings. The average Bonchev–Trinajstić information content (AvgIpc) is 3.21.